The number of hydrogen-bond donors (Lipinski definition) is 3. The third kappa shape index (κ3) is 5.05. The molecule has 0 spiro atoms. The molecule has 1 aromatic heterocycles. The van der Waals surface area contributed by atoms with E-state index in [4.69, 9.17) is 5.11 Å². The molecule has 0 amide bonds. The number of anilines is 3. The van der Waals surface area contributed by atoms with Crippen molar-refractivity contribution in [2.45, 2.75) is 39.0 Å². The lowest BCUT2D eigenvalue weighted by Gasteiger charge is -2.13. The van der Waals surface area contributed by atoms with Crippen LogP contribution < -0.4 is 10.6 Å². The van der Waals surface area contributed by atoms with Gasteiger partial charge in [0.15, 0.2) is 0 Å². The van der Waals surface area contributed by atoms with Crippen molar-refractivity contribution in [3.05, 3.63) is 53.2 Å². The molecule has 0 saturated heterocycles. The van der Waals surface area contributed by atoms with Gasteiger partial charge in [0.2, 0.25) is 5.95 Å². The van der Waals surface area contributed by atoms with Crippen LogP contribution in [-0.2, 0) is 0 Å². The fourth-order valence-corrected chi connectivity index (χ4v) is 3.06. The molecule has 0 atom stereocenters. The molecule has 3 rings (SSSR count). The van der Waals surface area contributed by atoms with Crippen LogP contribution in [0.2, 0.25) is 0 Å². The van der Waals surface area contributed by atoms with Crippen LogP contribution in [0.25, 0.3) is 0 Å². The highest BCUT2D eigenvalue weighted by atomic mass is 16.4. The van der Waals surface area contributed by atoms with E-state index < -0.39 is 5.97 Å². The Morgan fingerprint density at radius 3 is 2.88 bits per heavy atom. The summed E-state index contributed by atoms with van der Waals surface area (Å²) in [5, 5.41) is 15.5. The number of carbonyl (C=O) groups is 1. The molecule has 6 heteroatoms. The lowest BCUT2D eigenvalue weighted by Crippen LogP contribution is -2.09. The van der Waals surface area contributed by atoms with Gasteiger partial charge in [-0.15, -0.1) is 0 Å². The molecule has 1 aliphatic rings. The maximum Gasteiger partial charge on any atom is 0.335 e. The fraction of sp³-hybridized carbons (Fsp3) is 0.350. The van der Waals surface area contributed by atoms with Crippen LogP contribution >= 0.6 is 0 Å². The van der Waals surface area contributed by atoms with E-state index in [1.807, 2.05) is 19.1 Å². The standard InChI is InChI=1S/C20H24N4O2/c1-14-12-18(23-17-9-5-8-16(13-17)19(25)26)24-20(22-14)21-11-10-15-6-3-2-4-7-15/h5-6,8-9,12-13H,2-4,7,10-11H2,1H3,(H,25,26)(H2,21,22,23,24). The number of allylic oxidation sites excluding steroid dienone is 1. The normalized spacial score (nSPS) is 13.8. The van der Waals surface area contributed by atoms with Gasteiger partial charge < -0.3 is 15.7 Å². The van der Waals surface area contributed by atoms with E-state index in [9.17, 15) is 4.79 Å². The maximum absolute atomic E-state index is 11.1. The second-order valence-corrected chi connectivity index (χ2v) is 6.51. The number of benzene rings is 1. The Bertz CT molecular complexity index is 817. The average molecular weight is 352 g/mol. The number of carboxylic acids is 1. The number of aryl methyl sites for hydroxylation is 1. The molecular weight excluding hydrogens is 328 g/mol. The predicted octanol–water partition coefficient (Wildman–Crippen LogP) is 4.53. The summed E-state index contributed by atoms with van der Waals surface area (Å²) in [6.45, 7) is 2.72. The zero-order chi connectivity index (χ0) is 18.4. The fourth-order valence-electron chi connectivity index (χ4n) is 3.06. The first-order chi connectivity index (χ1) is 12.6. The number of aromatic carboxylic acids is 1. The van der Waals surface area contributed by atoms with E-state index in [1.165, 1.54) is 31.3 Å². The first-order valence-corrected chi connectivity index (χ1v) is 8.98. The van der Waals surface area contributed by atoms with Crippen molar-refractivity contribution < 1.29 is 9.90 Å². The van der Waals surface area contributed by atoms with Gasteiger partial charge >= 0.3 is 5.97 Å². The van der Waals surface area contributed by atoms with Crippen LogP contribution in [0.1, 0.15) is 48.2 Å². The molecular formula is C20H24N4O2. The summed E-state index contributed by atoms with van der Waals surface area (Å²) in [6, 6.07) is 8.50. The number of carboxylic acid groups (broad SMARTS) is 1. The number of aromatic nitrogens is 2. The topological polar surface area (TPSA) is 87.1 Å². The Morgan fingerprint density at radius 2 is 2.12 bits per heavy atom. The van der Waals surface area contributed by atoms with Crippen molar-refractivity contribution in [1.82, 2.24) is 9.97 Å². The molecule has 2 aromatic rings. The zero-order valence-corrected chi connectivity index (χ0v) is 15.0. The van der Waals surface area contributed by atoms with Gasteiger partial charge in [0.25, 0.3) is 0 Å². The highest BCUT2D eigenvalue weighted by Gasteiger charge is 2.07. The van der Waals surface area contributed by atoms with Crippen LogP contribution in [-0.4, -0.2) is 27.6 Å². The van der Waals surface area contributed by atoms with Crippen LogP contribution in [0.5, 0.6) is 0 Å². The number of nitrogens with zero attached hydrogens (tertiary/aromatic N) is 2. The molecule has 0 bridgehead atoms. The van der Waals surface area contributed by atoms with E-state index in [-0.39, 0.29) is 5.56 Å². The first-order valence-electron chi connectivity index (χ1n) is 8.98. The lowest BCUT2D eigenvalue weighted by atomic mass is 9.97. The predicted molar refractivity (Wildman–Crippen MR) is 103 cm³/mol. The van der Waals surface area contributed by atoms with Gasteiger partial charge in [0.05, 0.1) is 5.56 Å². The van der Waals surface area contributed by atoms with Crippen molar-refractivity contribution in [3.8, 4) is 0 Å². The van der Waals surface area contributed by atoms with Gasteiger partial charge in [-0.1, -0.05) is 17.7 Å². The smallest absolute Gasteiger partial charge is 0.335 e. The second-order valence-electron chi connectivity index (χ2n) is 6.51. The highest BCUT2D eigenvalue weighted by molar-refractivity contribution is 5.89. The van der Waals surface area contributed by atoms with E-state index >= 15 is 0 Å². The van der Waals surface area contributed by atoms with Crippen molar-refractivity contribution in [2.24, 2.45) is 0 Å². The number of nitrogens with one attached hydrogen (secondary N) is 2. The van der Waals surface area contributed by atoms with E-state index in [2.05, 4.69) is 26.7 Å². The minimum absolute atomic E-state index is 0.236. The summed E-state index contributed by atoms with van der Waals surface area (Å²) in [7, 11) is 0. The van der Waals surface area contributed by atoms with Gasteiger partial charge in [-0.3, -0.25) is 0 Å². The van der Waals surface area contributed by atoms with E-state index in [1.54, 1.807) is 18.2 Å². The Hall–Kier alpha value is -2.89. The molecule has 0 aliphatic heterocycles. The monoisotopic (exact) mass is 352 g/mol. The highest BCUT2D eigenvalue weighted by Crippen LogP contribution is 2.21. The Morgan fingerprint density at radius 1 is 1.23 bits per heavy atom. The summed E-state index contributed by atoms with van der Waals surface area (Å²) in [5.74, 6) is 0.268. The number of rotatable bonds is 7. The summed E-state index contributed by atoms with van der Waals surface area (Å²) < 4.78 is 0. The molecule has 0 saturated carbocycles. The van der Waals surface area contributed by atoms with Crippen LogP contribution in [0.4, 0.5) is 17.5 Å². The quantitative estimate of drug-likeness (QED) is 0.635. The minimum Gasteiger partial charge on any atom is -0.478 e. The third-order valence-electron chi connectivity index (χ3n) is 4.35. The average Bonchev–Trinajstić information content (AvgIpc) is 2.62. The summed E-state index contributed by atoms with van der Waals surface area (Å²) in [6.07, 6.45) is 8.35. The van der Waals surface area contributed by atoms with Gasteiger partial charge in [0, 0.05) is 24.0 Å². The Balaban J connectivity index is 1.64. The Kier molecular flexibility index (Phi) is 5.84. The molecule has 0 unspecified atom stereocenters. The molecule has 0 radical (unpaired) electrons. The summed E-state index contributed by atoms with van der Waals surface area (Å²) >= 11 is 0. The van der Waals surface area contributed by atoms with Crippen molar-refractivity contribution in [1.29, 1.82) is 0 Å². The maximum atomic E-state index is 11.1. The third-order valence-corrected chi connectivity index (χ3v) is 4.35. The molecule has 1 heterocycles. The molecule has 26 heavy (non-hydrogen) atoms. The van der Waals surface area contributed by atoms with Gasteiger partial charge in [-0.05, 0) is 57.2 Å². The zero-order valence-electron chi connectivity index (χ0n) is 15.0. The van der Waals surface area contributed by atoms with Crippen LogP contribution in [0, 0.1) is 6.92 Å². The minimum atomic E-state index is -0.952. The van der Waals surface area contributed by atoms with Crippen molar-refractivity contribution in [2.75, 3.05) is 17.2 Å². The van der Waals surface area contributed by atoms with E-state index in [0.29, 0.717) is 17.5 Å². The summed E-state index contributed by atoms with van der Waals surface area (Å²) in [4.78, 5) is 20.0. The second kappa shape index (κ2) is 8.47. The molecule has 1 aliphatic carbocycles. The molecule has 136 valence electrons. The van der Waals surface area contributed by atoms with Crippen LogP contribution in [0.3, 0.4) is 0 Å². The van der Waals surface area contributed by atoms with Crippen molar-refractivity contribution >= 4 is 23.4 Å². The molecule has 1 aromatic carbocycles. The molecule has 6 nitrogen and oxygen atoms in total. The van der Waals surface area contributed by atoms with Gasteiger partial charge in [-0.25, -0.2) is 9.78 Å². The molecule has 3 N–H and O–H groups in total. The van der Waals surface area contributed by atoms with Gasteiger partial charge in [-0.2, -0.15) is 4.98 Å². The first kappa shape index (κ1) is 17.9. The lowest BCUT2D eigenvalue weighted by molar-refractivity contribution is 0.0697. The molecule has 0 fully saturated rings. The van der Waals surface area contributed by atoms with Crippen LogP contribution in [0.15, 0.2) is 42.0 Å². The van der Waals surface area contributed by atoms with Gasteiger partial charge in [0.1, 0.15) is 5.82 Å². The Labute approximate surface area is 153 Å². The SMILES string of the molecule is Cc1cc(Nc2cccc(C(=O)O)c2)nc(NCCC2=CCCCC2)n1. The summed E-state index contributed by atoms with van der Waals surface area (Å²) in [5.41, 5.74) is 3.28. The number of hydrogen-bond acceptors (Lipinski definition) is 5. The largest absolute Gasteiger partial charge is 0.478 e. The van der Waals surface area contributed by atoms with Crippen molar-refractivity contribution in [3.63, 3.8) is 0 Å². The van der Waals surface area contributed by atoms with E-state index in [0.717, 1.165) is 18.7 Å².